The van der Waals surface area contributed by atoms with Gasteiger partial charge >= 0.3 is 0 Å². The second-order valence-electron chi connectivity index (χ2n) is 3.84. The van der Waals surface area contributed by atoms with Crippen LogP contribution in [0.2, 0.25) is 0 Å². The minimum absolute atomic E-state index is 0.0549. The highest BCUT2D eigenvalue weighted by Gasteiger charge is 2.11. The largest absolute Gasteiger partial charge is 0.395 e. The number of nitriles is 1. The van der Waals surface area contributed by atoms with Crippen molar-refractivity contribution in [2.45, 2.75) is 0 Å². The summed E-state index contributed by atoms with van der Waals surface area (Å²) in [6, 6.07) is 8.39. The van der Waals surface area contributed by atoms with Crippen LogP contribution in [0.25, 0.3) is 0 Å². The van der Waals surface area contributed by atoms with Crippen LogP contribution in [0.4, 0.5) is 0 Å². The van der Waals surface area contributed by atoms with Crippen molar-refractivity contribution in [1.29, 1.82) is 5.26 Å². The Hall–Kier alpha value is -1.74. The van der Waals surface area contributed by atoms with E-state index in [1.165, 1.54) is 0 Å². The number of carbonyl (C=O) groups is 1. The Balaban J connectivity index is 2.65. The first-order valence-electron chi connectivity index (χ1n) is 5.68. The number of aliphatic hydroxyl groups is 2. The Kier molecular flexibility index (Phi) is 6.01. The highest BCUT2D eigenvalue weighted by atomic mass is 16.3. The lowest BCUT2D eigenvalue weighted by Gasteiger charge is -2.18. The first-order valence-corrected chi connectivity index (χ1v) is 5.68. The van der Waals surface area contributed by atoms with Crippen LogP contribution >= 0.6 is 0 Å². The average Bonchev–Trinajstić information content (AvgIpc) is 2.39. The maximum atomic E-state index is 11.9. The molecule has 1 aromatic rings. The minimum Gasteiger partial charge on any atom is -0.395 e. The van der Waals surface area contributed by atoms with Crippen molar-refractivity contribution in [2.24, 2.45) is 0 Å². The molecule has 5 nitrogen and oxygen atoms in total. The minimum atomic E-state index is -0.0959. The van der Waals surface area contributed by atoms with E-state index in [4.69, 9.17) is 15.5 Å². The molecule has 0 bridgehead atoms. The van der Waals surface area contributed by atoms with E-state index in [0.29, 0.717) is 24.2 Å². The van der Waals surface area contributed by atoms with Gasteiger partial charge in [-0.05, 0) is 12.1 Å². The van der Waals surface area contributed by atoms with Crippen LogP contribution in [0.5, 0.6) is 0 Å². The number of nitrogens with zero attached hydrogens (tertiary/aromatic N) is 2. The number of hydrogen-bond acceptors (Lipinski definition) is 5. The summed E-state index contributed by atoms with van der Waals surface area (Å²) < 4.78 is 0. The molecule has 0 spiro atoms. The summed E-state index contributed by atoms with van der Waals surface area (Å²) in [4.78, 5) is 13.6. The topological polar surface area (TPSA) is 84.6 Å². The van der Waals surface area contributed by atoms with Gasteiger partial charge in [0.15, 0.2) is 5.78 Å². The lowest BCUT2D eigenvalue weighted by Crippen LogP contribution is -2.34. The molecule has 0 fully saturated rings. The predicted molar refractivity (Wildman–Crippen MR) is 66.1 cm³/mol. The Labute approximate surface area is 106 Å². The number of Topliss-reactive ketones (excluding diaryl/α,β-unsaturated/α-hetero) is 1. The van der Waals surface area contributed by atoms with Gasteiger partial charge in [0, 0.05) is 18.7 Å². The molecular formula is C13H16N2O3. The fraction of sp³-hybridized carbons (Fsp3) is 0.385. The third-order valence-electron chi connectivity index (χ3n) is 2.54. The van der Waals surface area contributed by atoms with E-state index < -0.39 is 0 Å². The molecule has 1 rings (SSSR count). The van der Waals surface area contributed by atoms with Gasteiger partial charge in [-0.1, -0.05) is 12.1 Å². The first kappa shape index (κ1) is 14.3. The summed E-state index contributed by atoms with van der Waals surface area (Å²) in [5, 5.41) is 26.3. The molecule has 96 valence electrons. The molecule has 0 radical (unpaired) electrons. The molecule has 0 aliphatic carbocycles. The molecule has 0 heterocycles. The normalized spacial score (nSPS) is 10.3. The van der Waals surface area contributed by atoms with Crippen LogP contribution in [-0.2, 0) is 0 Å². The van der Waals surface area contributed by atoms with Crippen LogP contribution in [0, 0.1) is 11.3 Å². The SMILES string of the molecule is N#Cc1ccc(C(=O)CN(CCO)CCO)cc1. The maximum Gasteiger partial charge on any atom is 0.176 e. The molecule has 5 heteroatoms. The molecule has 0 unspecified atom stereocenters. The zero-order valence-corrected chi connectivity index (χ0v) is 10.0. The van der Waals surface area contributed by atoms with Gasteiger partial charge in [0.25, 0.3) is 0 Å². The second-order valence-corrected chi connectivity index (χ2v) is 3.84. The van der Waals surface area contributed by atoms with E-state index in [1.807, 2.05) is 6.07 Å². The molecule has 0 aromatic heterocycles. The summed E-state index contributed by atoms with van der Waals surface area (Å²) in [7, 11) is 0. The van der Waals surface area contributed by atoms with Gasteiger partial charge in [0.2, 0.25) is 0 Å². The van der Waals surface area contributed by atoms with Crippen molar-refractivity contribution >= 4 is 5.78 Å². The van der Waals surface area contributed by atoms with Crippen molar-refractivity contribution in [1.82, 2.24) is 4.90 Å². The monoisotopic (exact) mass is 248 g/mol. The Bertz CT molecular complexity index is 417. The summed E-state index contributed by atoms with van der Waals surface area (Å²) in [5.74, 6) is -0.0959. The molecule has 0 aliphatic rings. The Morgan fingerprint density at radius 1 is 1.17 bits per heavy atom. The average molecular weight is 248 g/mol. The van der Waals surface area contributed by atoms with Gasteiger partial charge in [0.05, 0.1) is 31.4 Å². The quantitative estimate of drug-likeness (QED) is 0.665. The number of carbonyl (C=O) groups excluding carboxylic acids is 1. The lowest BCUT2D eigenvalue weighted by atomic mass is 10.1. The van der Waals surface area contributed by atoms with Crippen LogP contribution < -0.4 is 0 Å². The van der Waals surface area contributed by atoms with E-state index in [9.17, 15) is 4.79 Å². The predicted octanol–water partition coefficient (Wildman–Crippen LogP) is 0.0276. The van der Waals surface area contributed by atoms with Crippen LogP contribution in [0.15, 0.2) is 24.3 Å². The Morgan fingerprint density at radius 2 is 1.72 bits per heavy atom. The highest BCUT2D eigenvalue weighted by Crippen LogP contribution is 2.05. The maximum absolute atomic E-state index is 11.9. The van der Waals surface area contributed by atoms with Crippen LogP contribution in [0.3, 0.4) is 0 Å². The molecular weight excluding hydrogens is 232 g/mol. The number of benzene rings is 1. The van der Waals surface area contributed by atoms with Crippen molar-refractivity contribution in [3.63, 3.8) is 0 Å². The van der Waals surface area contributed by atoms with Gasteiger partial charge in [-0.15, -0.1) is 0 Å². The van der Waals surface area contributed by atoms with Crippen molar-refractivity contribution in [2.75, 3.05) is 32.8 Å². The smallest absolute Gasteiger partial charge is 0.176 e. The zero-order chi connectivity index (χ0) is 13.4. The lowest BCUT2D eigenvalue weighted by molar-refractivity contribution is 0.0894. The number of ketones is 1. The van der Waals surface area contributed by atoms with Crippen molar-refractivity contribution in [3.8, 4) is 6.07 Å². The first-order chi connectivity index (χ1) is 8.71. The molecule has 1 aromatic carbocycles. The van der Waals surface area contributed by atoms with Crippen molar-refractivity contribution < 1.29 is 15.0 Å². The van der Waals surface area contributed by atoms with Gasteiger partial charge in [-0.3, -0.25) is 9.69 Å². The molecule has 0 amide bonds. The van der Waals surface area contributed by atoms with E-state index in [0.717, 1.165) is 0 Å². The van der Waals surface area contributed by atoms with Gasteiger partial charge in [-0.25, -0.2) is 0 Å². The third-order valence-corrected chi connectivity index (χ3v) is 2.54. The molecule has 0 saturated carbocycles. The third kappa shape index (κ3) is 4.26. The number of aliphatic hydroxyl groups excluding tert-OH is 2. The van der Waals surface area contributed by atoms with Crippen LogP contribution in [0.1, 0.15) is 15.9 Å². The number of hydrogen-bond donors (Lipinski definition) is 2. The van der Waals surface area contributed by atoms with E-state index >= 15 is 0 Å². The highest BCUT2D eigenvalue weighted by molar-refractivity contribution is 5.97. The fourth-order valence-electron chi connectivity index (χ4n) is 1.58. The molecule has 0 saturated heterocycles. The molecule has 0 aliphatic heterocycles. The number of rotatable bonds is 7. The van der Waals surface area contributed by atoms with Gasteiger partial charge < -0.3 is 10.2 Å². The molecule has 18 heavy (non-hydrogen) atoms. The Morgan fingerprint density at radius 3 is 2.17 bits per heavy atom. The standard InChI is InChI=1S/C13H16N2O3/c14-9-11-1-3-12(4-2-11)13(18)10-15(5-7-16)6-8-17/h1-4,16-17H,5-8,10H2. The van der Waals surface area contributed by atoms with Crippen LogP contribution in [-0.4, -0.2) is 53.7 Å². The van der Waals surface area contributed by atoms with E-state index in [-0.39, 0.29) is 25.5 Å². The summed E-state index contributed by atoms with van der Waals surface area (Å²) >= 11 is 0. The summed E-state index contributed by atoms with van der Waals surface area (Å²) in [6.45, 7) is 0.736. The second kappa shape index (κ2) is 7.56. The van der Waals surface area contributed by atoms with E-state index in [2.05, 4.69) is 0 Å². The fourth-order valence-corrected chi connectivity index (χ4v) is 1.58. The summed E-state index contributed by atoms with van der Waals surface area (Å²) in [6.07, 6.45) is 0. The molecule has 2 N–H and O–H groups in total. The van der Waals surface area contributed by atoms with Gasteiger partial charge in [-0.2, -0.15) is 5.26 Å². The van der Waals surface area contributed by atoms with Crippen molar-refractivity contribution in [3.05, 3.63) is 35.4 Å². The molecule has 0 atom stereocenters. The van der Waals surface area contributed by atoms with Gasteiger partial charge in [0.1, 0.15) is 0 Å². The summed E-state index contributed by atoms with van der Waals surface area (Å²) in [5.41, 5.74) is 1.03. The zero-order valence-electron chi connectivity index (χ0n) is 10.0. The van der Waals surface area contributed by atoms with E-state index in [1.54, 1.807) is 29.2 Å².